The largest absolute Gasteiger partial charge is 0.392 e. The molecule has 0 spiro atoms. The van der Waals surface area contributed by atoms with Crippen LogP contribution in [0, 0.1) is 5.92 Å². The summed E-state index contributed by atoms with van der Waals surface area (Å²) in [6.45, 7) is 4.25. The van der Waals surface area contributed by atoms with Crippen LogP contribution in [0.15, 0.2) is 30.5 Å². The molecule has 1 aromatic heterocycles. The number of nitrogens with zero attached hydrogens (tertiary/aromatic N) is 2. The van der Waals surface area contributed by atoms with E-state index in [2.05, 4.69) is 53.0 Å². The summed E-state index contributed by atoms with van der Waals surface area (Å²) in [4.78, 5) is 18.9. The average molecular weight is 388 g/mol. The Kier molecular flexibility index (Phi) is 5.76. The number of aliphatic hydroxyl groups is 1. The maximum absolute atomic E-state index is 11.3. The second kappa shape index (κ2) is 8.25. The van der Waals surface area contributed by atoms with Crippen LogP contribution in [0.3, 0.4) is 0 Å². The highest BCUT2D eigenvalue weighted by Crippen LogP contribution is 2.33. The number of piperidine rings is 2. The number of fused-ring (bicyclic) bond motifs is 1. The van der Waals surface area contributed by atoms with Crippen molar-refractivity contribution in [2.45, 2.75) is 37.7 Å². The molecule has 6 heteroatoms. The van der Waals surface area contributed by atoms with Crippen molar-refractivity contribution in [1.82, 2.24) is 14.8 Å². The van der Waals surface area contributed by atoms with E-state index in [0.29, 0.717) is 24.9 Å². The number of H-pyrrole nitrogens is 1. The van der Waals surface area contributed by atoms with E-state index in [1.54, 1.807) is 4.90 Å². The van der Waals surface area contributed by atoms with E-state index in [1.165, 1.54) is 16.5 Å². The van der Waals surface area contributed by atoms with E-state index in [9.17, 15) is 9.90 Å². The van der Waals surface area contributed by atoms with Crippen molar-refractivity contribution in [1.29, 1.82) is 0 Å². The van der Waals surface area contributed by atoms with Crippen LogP contribution in [-0.4, -0.2) is 64.0 Å². The molecule has 2 aromatic rings. The summed E-state index contributed by atoms with van der Waals surface area (Å²) >= 11 is 3.90. The van der Waals surface area contributed by atoms with Crippen molar-refractivity contribution >= 4 is 28.8 Å². The first-order valence-electron chi connectivity index (χ1n) is 10.1. The maximum atomic E-state index is 11.3. The zero-order valence-corrected chi connectivity index (χ0v) is 16.6. The predicted molar refractivity (Wildman–Crippen MR) is 111 cm³/mol. The van der Waals surface area contributed by atoms with Gasteiger partial charge < -0.3 is 19.9 Å². The van der Waals surface area contributed by atoms with Gasteiger partial charge in [-0.3, -0.25) is 4.79 Å². The van der Waals surface area contributed by atoms with E-state index in [4.69, 9.17) is 0 Å². The Bertz CT molecular complexity index is 777. The van der Waals surface area contributed by atoms with Gasteiger partial charge in [0, 0.05) is 36.7 Å². The number of hydrogen-bond donors (Lipinski definition) is 3. The summed E-state index contributed by atoms with van der Waals surface area (Å²) in [6.07, 6.45) is 5.91. The first-order chi connectivity index (χ1) is 13.1. The Morgan fingerprint density at radius 1 is 1.15 bits per heavy atom. The monoisotopic (exact) mass is 387 g/mol. The third kappa shape index (κ3) is 4.18. The second-order valence-corrected chi connectivity index (χ2v) is 8.42. The van der Waals surface area contributed by atoms with Crippen LogP contribution in [0.4, 0.5) is 4.79 Å². The number of benzene rings is 1. The van der Waals surface area contributed by atoms with Crippen LogP contribution in [-0.2, 0) is 0 Å². The third-order valence-corrected chi connectivity index (χ3v) is 6.73. The number of para-hydroxylation sites is 1. The van der Waals surface area contributed by atoms with Crippen molar-refractivity contribution in [3.05, 3.63) is 36.0 Å². The number of carbonyl (C=O) groups is 1. The highest BCUT2D eigenvalue weighted by molar-refractivity contribution is 7.96. The van der Waals surface area contributed by atoms with Crippen LogP contribution in [0.25, 0.3) is 10.9 Å². The molecule has 2 fully saturated rings. The van der Waals surface area contributed by atoms with Crippen molar-refractivity contribution in [2.24, 2.45) is 5.92 Å². The first kappa shape index (κ1) is 18.8. The molecule has 0 aliphatic carbocycles. The van der Waals surface area contributed by atoms with E-state index >= 15 is 0 Å². The fourth-order valence-corrected chi connectivity index (χ4v) is 4.95. The van der Waals surface area contributed by atoms with E-state index in [0.717, 1.165) is 45.3 Å². The van der Waals surface area contributed by atoms with Crippen molar-refractivity contribution in [3.63, 3.8) is 0 Å². The van der Waals surface area contributed by atoms with E-state index in [1.807, 2.05) is 0 Å². The third-order valence-electron chi connectivity index (χ3n) is 6.45. The average Bonchev–Trinajstić information content (AvgIpc) is 3.13. The quantitative estimate of drug-likeness (QED) is 0.704. The molecule has 146 valence electrons. The molecule has 27 heavy (non-hydrogen) atoms. The lowest BCUT2D eigenvalue weighted by atomic mass is 9.87. The van der Waals surface area contributed by atoms with Gasteiger partial charge in [0.15, 0.2) is 0 Å². The smallest absolute Gasteiger partial charge is 0.278 e. The van der Waals surface area contributed by atoms with Crippen LogP contribution in [0.2, 0.25) is 0 Å². The number of β-amino-alcohol motifs (C(OH)–C–C–N with tert-alkyl or cyclic N) is 1. The molecule has 1 unspecified atom stereocenters. The topological polar surface area (TPSA) is 59.6 Å². The number of rotatable bonds is 4. The lowest BCUT2D eigenvalue weighted by Gasteiger charge is -2.37. The van der Waals surface area contributed by atoms with Gasteiger partial charge in [0.25, 0.3) is 5.24 Å². The Hall–Kier alpha value is -1.50. The molecule has 2 aliphatic heterocycles. The second-order valence-electron chi connectivity index (χ2n) is 8.04. The number of amides is 1. The molecule has 4 rings (SSSR count). The summed E-state index contributed by atoms with van der Waals surface area (Å²) in [5, 5.41) is 11.9. The minimum absolute atomic E-state index is 0.151. The zero-order valence-electron chi connectivity index (χ0n) is 15.7. The van der Waals surface area contributed by atoms with Gasteiger partial charge in [-0.15, -0.1) is 0 Å². The Balaban J connectivity index is 1.28. The summed E-state index contributed by atoms with van der Waals surface area (Å²) in [5.41, 5.74) is 2.66. The van der Waals surface area contributed by atoms with Crippen molar-refractivity contribution in [3.8, 4) is 0 Å². The predicted octanol–water partition coefficient (Wildman–Crippen LogP) is 3.47. The molecular formula is C21H29N3O2S. The van der Waals surface area contributed by atoms with Gasteiger partial charge in [-0.1, -0.05) is 30.8 Å². The molecule has 3 heterocycles. The molecular weight excluding hydrogens is 358 g/mol. The number of nitrogens with one attached hydrogen (secondary N) is 1. The number of thiol groups is 1. The van der Waals surface area contributed by atoms with Crippen molar-refractivity contribution < 1.29 is 9.90 Å². The molecule has 0 bridgehead atoms. The number of hydrogen-bond acceptors (Lipinski definition) is 3. The zero-order chi connectivity index (χ0) is 18.8. The highest BCUT2D eigenvalue weighted by atomic mass is 32.1. The van der Waals surface area contributed by atoms with Gasteiger partial charge in [0.2, 0.25) is 0 Å². The minimum Gasteiger partial charge on any atom is -0.392 e. The van der Waals surface area contributed by atoms with Crippen LogP contribution < -0.4 is 0 Å². The van der Waals surface area contributed by atoms with Gasteiger partial charge in [-0.05, 0) is 62.2 Å². The normalized spacial score (nSPS) is 21.6. The Morgan fingerprint density at radius 3 is 2.56 bits per heavy atom. The fourth-order valence-electron chi connectivity index (χ4n) is 4.75. The van der Waals surface area contributed by atoms with Crippen LogP contribution >= 0.6 is 12.6 Å². The van der Waals surface area contributed by atoms with E-state index in [-0.39, 0.29) is 11.3 Å². The Morgan fingerprint density at radius 2 is 1.85 bits per heavy atom. The fraction of sp³-hybridized carbons (Fsp3) is 0.571. The summed E-state index contributed by atoms with van der Waals surface area (Å²) in [6, 6.07) is 8.52. The van der Waals surface area contributed by atoms with Gasteiger partial charge in [0.1, 0.15) is 0 Å². The number of likely N-dealkylation sites (tertiary alicyclic amines) is 2. The SMILES string of the molecule is O=C(S)N1CCC(C(O)CN2CCC(c3c[nH]c4ccccc34)CC2)CC1. The molecule has 2 aliphatic rings. The van der Waals surface area contributed by atoms with Gasteiger partial charge >= 0.3 is 0 Å². The first-order valence-corrected chi connectivity index (χ1v) is 10.5. The van der Waals surface area contributed by atoms with Gasteiger partial charge in [-0.2, -0.15) is 0 Å². The maximum Gasteiger partial charge on any atom is 0.278 e. The molecule has 0 saturated carbocycles. The standard InChI is InChI=1S/C21H29N3O2S/c25-20(16-7-11-24(12-8-16)21(26)27)14-23-9-5-15(6-10-23)18-13-22-19-4-2-1-3-17(18)19/h1-4,13,15-16,20,22,25H,5-12,14H2,(H,26,27). The van der Waals surface area contributed by atoms with Crippen LogP contribution in [0.5, 0.6) is 0 Å². The summed E-state index contributed by atoms with van der Waals surface area (Å²) in [7, 11) is 0. The Labute approximate surface area is 166 Å². The van der Waals surface area contributed by atoms with Crippen LogP contribution in [0.1, 0.15) is 37.2 Å². The number of aromatic amines is 1. The van der Waals surface area contributed by atoms with Gasteiger partial charge in [-0.25, -0.2) is 0 Å². The number of carbonyl (C=O) groups excluding carboxylic acids is 1. The summed E-state index contributed by atoms with van der Waals surface area (Å²) < 4.78 is 0. The molecule has 1 aromatic carbocycles. The number of aromatic nitrogens is 1. The molecule has 5 nitrogen and oxygen atoms in total. The lowest BCUT2D eigenvalue weighted by Crippen LogP contribution is -2.44. The molecule has 0 radical (unpaired) electrons. The lowest BCUT2D eigenvalue weighted by molar-refractivity contribution is 0.0322. The summed E-state index contributed by atoms with van der Waals surface area (Å²) in [5.74, 6) is 0.888. The van der Waals surface area contributed by atoms with Crippen molar-refractivity contribution in [2.75, 3.05) is 32.7 Å². The number of aliphatic hydroxyl groups excluding tert-OH is 1. The minimum atomic E-state index is -0.299. The highest BCUT2D eigenvalue weighted by Gasteiger charge is 2.29. The molecule has 1 atom stereocenters. The van der Waals surface area contributed by atoms with Gasteiger partial charge in [0.05, 0.1) is 6.10 Å². The molecule has 2 saturated heterocycles. The molecule has 1 amide bonds. The van der Waals surface area contributed by atoms with E-state index < -0.39 is 0 Å². The molecule has 2 N–H and O–H groups in total.